The molecule has 16 heavy (non-hydrogen) atoms. The summed E-state index contributed by atoms with van der Waals surface area (Å²) in [6.07, 6.45) is 0.866. The molecular weight excluding hydrogens is 288 g/mol. The molecule has 1 heterocycles. The summed E-state index contributed by atoms with van der Waals surface area (Å²) in [5.74, 6) is 0.000625. The highest BCUT2D eigenvalue weighted by Gasteiger charge is 2.46. The van der Waals surface area contributed by atoms with Gasteiger partial charge < -0.3 is 11.1 Å². The van der Waals surface area contributed by atoms with Gasteiger partial charge in [-0.05, 0) is 34.5 Å². The third-order valence-corrected chi connectivity index (χ3v) is 5.07. The van der Waals surface area contributed by atoms with Gasteiger partial charge in [0.1, 0.15) is 0 Å². The van der Waals surface area contributed by atoms with Crippen LogP contribution in [0.15, 0.2) is 15.9 Å². The fourth-order valence-electron chi connectivity index (χ4n) is 1.87. The van der Waals surface area contributed by atoms with Crippen LogP contribution in [0.1, 0.15) is 29.9 Å². The first-order valence-electron chi connectivity index (χ1n) is 5.23. The van der Waals surface area contributed by atoms with Crippen molar-refractivity contribution >= 4 is 33.2 Å². The summed E-state index contributed by atoms with van der Waals surface area (Å²) in [4.78, 5) is 12.6. The number of hydrogen-bond donors (Lipinski definition) is 2. The van der Waals surface area contributed by atoms with Gasteiger partial charge in [-0.2, -0.15) is 0 Å². The molecule has 0 bridgehead atoms. The Morgan fingerprint density at radius 1 is 1.62 bits per heavy atom. The van der Waals surface area contributed by atoms with Crippen LogP contribution in [0.2, 0.25) is 0 Å². The van der Waals surface area contributed by atoms with Crippen molar-refractivity contribution in [3.63, 3.8) is 0 Å². The van der Waals surface area contributed by atoms with Crippen LogP contribution in [0.25, 0.3) is 0 Å². The fraction of sp³-hybridized carbons (Fsp3) is 0.545. The average Bonchev–Trinajstić information content (AvgIpc) is 2.64. The standard InChI is InChI=1S/C11H15BrN2OS/c1-11(2)7(13)5-8(11)14-10(15)6-3-4-9(12)16-6/h3-4,7-8H,5,13H2,1-2H3,(H,14,15)/t7-,8+/m0/s1. The molecule has 88 valence electrons. The monoisotopic (exact) mass is 302 g/mol. The van der Waals surface area contributed by atoms with Crippen LogP contribution in [0.4, 0.5) is 0 Å². The van der Waals surface area contributed by atoms with Crippen LogP contribution in [0.5, 0.6) is 0 Å². The molecule has 0 aliphatic heterocycles. The van der Waals surface area contributed by atoms with E-state index in [1.54, 1.807) is 0 Å². The van der Waals surface area contributed by atoms with E-state index >= 15 is 0 Å². The second-order valence-corrected chi connectivity index (χ2v) is 7.26. The Morgan fingerprint density at radius 3 is 2.75 bits per heavy atom. The zero-order chi connectivity index (χ0) is 11.9. The van der Waals surface area contributed by atoms with Gasteiger partial charge in [0.15, 0.2) is 0 Å². The van der Waals surface area contributed by atoms with E-state index in [-0.39, 0.29) is 23.4 Å². The maximum atomic E-state index is 11.9. The molecule has 3 N–H and O–H groups in total. The van der Waals surface area contributed by atoms with Crippen LogP contribution >= 0.6 is 27.3 Å². The van der Waals surface area contributed by atoms with Gasteiger partial charge >= 0.3 is 0 Å². The molecule has 1 fully saturated rings. The third kappa shape index (κ3) is 2.04. The zero-order valence-electron chi connectivity index (χ0n) is 9.29. The zero-order valence-corrected chi connectivity index (χ0v) is 11.7. The summed E-state index contributed by atoms with van der Waals surface area (Å²) in [6.45, 7) is 4.19. The highest BCUT2D eigenvalue weighted by atomic mass is 79.9. The maximum absolute atomic E-state index is 11.9. The summed E-state index contributed by atoms with van der Waals surface area (Å²) in [6, 6.07) is 4.09. The number of nitrogens with two attached hydrogens (primary N) is 1. The molecule has 0 aromatic carbocycles. The second kappa shape index (κ2) is 4.13. The van der Waals surface area contributed by atoms with E-state index < -0.39 is 0 Å². The minimum Gasteiger partial charge on any atom is -0.348 e. The molecule has 1 aromatic heterocycles. The van der Waals surface area contributed by atoms with Gasteiger partial charge in [-0.15, -0.1) is 11.3 Å². The van der Waals surface area contributed by atoms with E-state index in [9.17, 15) is 4.79 Å². The lowest BCUT2D eigenvalue weighted by atomic mass is 9.63. The molecule has 1 aliphatic rings. The number of hydrogen-bond acceptors (Lipinski definition) is 3. The summed E-state index contributed by atoms with van der Waals surface area (Å²) in [5, 5.41) is 3.04. The predicted octanol–water partition coefficient (Wildman–Crippen LogP) is 2.37. The molecule has 1 aliphatic carbocycles. The molecule has 0 saturated heterocycles. The first-order valence-corrected chi connectivity index (χ1v) is 6.84. The van der Waals surface area contributed by atoms with E-state index in [2.05, 4.69) is 35.1 Å². The minimum absolute atomic E-state index is 0.000625. The number of nitrogens with one attached hydrogen (secondary N) is 1. The number of halogens is 1. The van der Waals surface area contributed by atoms with Crippen molar-refractivity contribution in [1.82, 2.24) is 5.32 Å². The van der Waals surface area contributed by atoms with E-state index in [4.69, 9.17) is 5.73 Å². The maximum Gasteiger partial charge on any atom is 0.261 e. The van der Waals surface area contributed by atoms with Crippen LogP contribution in [-0.4, -0.2) is 18.0 Å². The minimum atomic E-state index is 0.000625. The van der Waals surface area contributed by atoms with Crippen molar-refractivity contribution in [3.8, 4) is 0 Å². The molecule has 1 saturated carbocycles. The van der Waals surface area contributed by atoms with Gasteiger partial charge in [-0.1, -0.05) is 13.8 Å². The highest BCUT2D eigenvalue weighted by Crippen LogP contribution is 2.39. The number of thiophene rings is 1. The number of carbonyl (C=O) groups excluding carboxylic acids is 1. The molecule has 1 amide bonds. The van der Waals surface area contributed by atoms with Gasteiger partial charge in [0.05, 0.1) is 8.66 Å². The molecule has 1 aromatic rings. The first kappa shape index (κ1) is 12.1. The smallest absolute Gasteiger partial charge is 0.261 e. The van der Waals surface area contributed by atoms with Crippen molar-refractivity contribution in [2.45, 2.75) is 32.4 Å². The average molecular weight is 303 g/mol. The number of rotatable bonds is 2. The normalized spacial score (nSPS) is 27.2. The second-order valence-electron chi connectivity index (χ2n) is 4.79. The number of carbonyl (C=O) groups is 1. The van der Waals surface area contributed by atoms with Gasteiger partial charge in [-0.25, -0.2) is 0 Å². The summed E-state index contributed by atoms with van der Waals surface area (Å²) in [7, 11) is 0. The molecular formula is C11H15BrN2OS. The highest BCUT2D eigenvalue weighted by molar-refractivity contribution is 9.11. The van der Waals surface area contributed by atoms with Crippen LogP contribution in [-0.2, 0) is 0 Å². The first-order chi connectivity index (χ1) is 7.41. The Balaban J connectivity index is 1.99. The number of amides is 1. The van der Waals surface area contributed by atoms with Crippen molar-refractivity contribution < 1.29 is 4.79 Å². The molecule has 2 atom stereocenters. The predicted molar refractivity (Wildman–Crippen MR) is 69.6 cm³/mol. The Kier molecular flexibility index (Phi) is 3.11. The van der Waals surface area contributed by atoms with Crippen LogP contribution < -0.4 is 11.1 Å². The van der Waals surface area contributed by atoms with E-state index in [1.165, 1.54) is 11.3 Å². The van der Waals surface area contributed by atoms with Crippen molar-refractivity contribution in [1.29, 1.82) is 0 Å². The Hall–Kier alpha value is -0.390. The summed E-state index contributed by atoms with van der Waals surface area (Å²) in [5.41, 5.74) is 5.91. The molecule has 0 spiro atoms. The van der Waals surface area contributed by atoms with E-state index in [0.717, 1.165) is 15.1 Å². The third-order valence-electron chi connectivity index (χ3n) is 3.45. The van der Waals surface area contributed by atoms with Crippen molar-refractivity contribution in [3.05, 3.63) is 20.8 Å². The largest absolute Gasteiger partial charge is 0.348 e. The lowest BCUT2D eigenvalue weighted by Gasteiger charge is -2.50. The molecule has 0 radical (unpaired) electrons. The van der Waals surface area contributed by atoms with E-state index in [1.807, 2.05) is 12.1 Å². The molecule has 2 rings (SSSR count). The SMILES string of the molecule is CC1(C)[C@@H](N)C[C@H]1NC(=O)c1ccc(Br)s1. The molecule has 3 nitrogen and oxygen atoms in total. The van der Waals surface area contributed by atoms with Gasteiger partial charge in [0, 0.05) is 17.5 Å². The Bertz CT molecular complexity index is 416. The molecule has 0 unspecified atom stereocenters. The van der Waals surface area contributed by atoms with E-state index in [0.29, 0.717) is 0 Å². The lowest BCUT2D eigenvalue weighted by molar-refractivity contribution is 0.0589. The van der Waals surface area contributed by atoms with Gasteiger partial charge in [-0.3, -0.25) is 4.79 Å². The Labute approximate surface area is 108 Å². The van der Waals surface area contributed by atoms with Crippen LogP contribution in [0.3, 0.4) is 0 Å². The summed E-state index contributed by atoms with van der Waals surface area (Å²) >= 11 is 4.79. The summed E-state index contributed by atoms with van der Waals surface area (Å²) < 4.78 is 0.974. The van der Waals surface area contributed by atoms with Gasteiger partial charge in [0.25, 0.3) is 5.91 Å². The topological polar surface area (TPSA) is 55.1 Å². The molecule has 5 heteroatoms. The fourth-order valence-corrected chi connectivity index (χ4v) is 3.16. The van der Waals surface area contributed by atoms with Gasteiger partial charge in [0.2, 0.25) is 0 Å². The van der Waals surface area contributed by atoms with Crippen LogP contribution in [0, 0.1) is 5.41 Å². The quantitative estimate of drug-likeness (QED) is 0.881. The lowest BCUT2D eigenvalue weighted by Crippen LogP contribution is -2.64. The Morgan fingerprint density at radius 2 is 2.31 bits per heavy atom. The van der Waals surface area contributed by atoms with Crippen molar-refractivity contribution in [2.75, 3.05) is 0 Å². The van der Waals surface area contributed by atoms with Crippen molar-refractivity contribution in [2.24, 2.45) is 11.1 Å².